The van der Waals surface area contributed by atoms with E-state index in [2.05, 4.69) is 4.90 Å². The molecule has 0 aromatic carbocycles. The number of hydrogen-bond acceptors (Lipinski definition) is 8. The van der Waals surface area contributed by atoms with E-state index in [-0.39, 0.29) is 41.3 Å². The van der Waals surface area contributed by atoms with Crippen molar-refractivity contribution in [2.75, 3.05) is 27.3 Å². The van der Waals surface area contributed by atoms with Crippen LogP contribution in [0.5, 0.6) is 0 Å². The molecule has 4 aliphatic rings. The van der Waals surface area contributed by atoms with Gasteiger partial charge >= 0.3 is 6.09 Å². The van der Waals surface area contributed by atoms with Crippen molar-refractivity contribution in [1.82, 2.24) is 9.80 Å². The van der Waals surface area contributed by atoms with Gasteiger partial charge in [-0.05, 0) is 14.0 Å². The number of piperazine rings is 1. The Labute approximate surface area is 144 Å². The minimum Gasteiger partial charge on any atom is -0.449 e. The largest absolute Gasteiger partial charge is 0.449 e. The lowest BCUT2D eigenvalue weighted by Crippen LogP contribution is -2.55. The van der Waals surface area contributed by atoms with Gasteiger partial charge in [0.1, 0.15) is 6.61 Å². The van der Waals surface area contributed by atoms with Gasteiger partial charge in [0.2, 0.25) is 11.6 Å². The lowest BCUT2D eigenvalue weighted by Gasteiger charge is -2.40. The Morgan fingerprint density at radius 2 is 2.04 bits per heavy atom. The molecule has 3 heterocycles. The van der Waals surface area contributed by atoms with Gasteiger partial charge in [0, 0.05) is 30.8 Å². The smallest absolute Gasteiger partial charge is 0.404 e. The Balaban J connectivity index is 1.85. The summed E-state index contributed by atoms with van der Waals surface area (Å²) in [6, 6.07) is 0.211. The maximum Gasteiger partial charge on any atom is 0.404 e. The predicted molar refractivity (Wildman–Crippen MR) is 84.7 cm³/mol. The zero-order valence-electron chi connectivity index (χ0n) is 14.2. The van der Waals surface area contributed by atoms with E-state index in [1.54, 1.807) is 6.92 Å². The summed E-state index contributed by atoms with van der Waals surface area (Å²) in [5, 5.41) is 0. The number of carbonyl (C=O) groups excluding carboxylic acids is 3. The third-order valence-corrected chi connectivity index (χ3v) is 5.99. The first kappa shape index (κ1) is 16.1. The summed E-state index contributed by atoms with van der Waals surface area (Å²) in [7, 11) is 3.49. The Hall–Kier alpha value is -2.39. The van der Waals surface area contributed by atoms with E-state index in [1.165, 1.54) is 7.11 Å². The van der Waals surface area contributed by atoms with Gasteiger partial charge in [-0.25, -0.2) is 4.79 Å². The third kappa shape index (κ3) is 1.72. The summed E-state index contributed by atoms with van der Waals surface area (Å²) in [4.78, 5) is 40.8. The quantitative estimate of drug-likeness (QED) is 0.475. The molecule has 4 N–H and O–H groups in total. The number of methoxy groups -OCH3 is 1. The Morgan fingerprint density at radius 3 is 2.64 bits per heavy atom. The summed E-state index contributed by atoms with van der Waals surface area (Å²) in [5.41, 5.74) is 10.8. The van der Waals surface area contributed by atoms with Gasteiger partial charge in [-0.3, -0.25) is 14.5 Å². The number of hydrogen-bond donors (Lipinski definition) is 2. The van der Waals surface area contributed by atoms with E-state index < -0.39 is 23.5 Å². The van der Waals surface area contributed by atoms with Crippen LogP contribution in [0.15, 0.2) is 22.5 Å². The van der Waals surface area contributed by atoms with Crippen molar-refractivity contribution in [3.8, 4) is 0 Å². The number of carbonyl (C=O) groups is 3. The monoisotopic (exact) mass is 348 g/mol. The maximum absolute atomic E-state index is 12.9. The highest BCUT2D eigenvalue weighted by atomic mass is 16.6. The van der Waals surface area contributed by atoms with Crippen molar-refractivity contribution in [3.63, 3.8) is 0 Å². The van der Waals surface area contributed by atoms with Crippen molar-refractivity contribution >= 4 is 17.7 Å². The zero-order chi connectivity index (χ0) is 18.3. The van der Waals surface area contributed by atoms with Crippen molar-refractivity contribution in [2.45, 2.75) is 24.7 Å². The second kappa shape index (κ2) is 4.83. The average molecular weight is 348 g/mol. The van der Waals surface area contributed by atoms with Crippen LogP contribution in [0.1, 0.15) is 6.92 Å². The van der Waals surface area contributed by atoms with Crippen molar-refractivity contribution in [2.24, 2.45) is 17.4 Å². The van der Waals surface area contributed by atoms with Crippen molar-refractivity contribution in [3.05, 3.63) is 22.5 Å². The van der Waals surface area contributed by atoms with Gasteiger partial charge in [0.15, 0.2) is 5.72 Å². The fourth-order valence-electron chi connectivity index (χ4n) is 4.73. The van der Waals surface area contributed by atoms with E-state index in [0.717, 1.165) is 0 Å². The highest BCUT2D eigenvalue weighted by molar-refractivity contribution is 6.25. The molecule has 134 valence electrons. The van der Waals surface area contributed by atoms with Crippen LogP contribution in [0.4, 0.5) is 4.79 Å². The molecule has 0 saturated carbocycles. The molecule has 1 amide bonds. The van der Waals surface area contributed by atoms with Crippen molar-refractivity contribution < 1.29 is 23.9 Å². The number of rotatable bonds is 3. The average Bonchev–Trinajstić information content (AvgIpc) is 2.96. The van der Waals surface area contributed by atoms with Crippen LogP contribution in [-0.2, 0) is 19.1 Å². The van der Waals surface area contributed by atoms with E-state index in [9.17, 15) is 14.4 Å². The van der Waals surface area contributed by atoms with Crippen LogP contribution in [0, 0.1) is 5.92 Å². The summed E-state index contributed by atoms with van der Waals surface area (Å²) < 4.78 is 10.9. The first-order chi connectivity index (χ1) is 11.8. The molecule has 3 aliphatic heterocycles. The lowest BCUT2D eigenvalue weighted by molar-refractivity contribution is -0.144. The molecule has 25 heavy (non-hydrogen) atoms. The second-order valence-corrected chi connectivity index (χ2v) is 6.89. The molecule has 0 spiro atoms. The highest BCUT2D eigenvalue weighted by Crippen LogP contribution is 2.59. The number of nitrogens with zero attached hydrogens (tertiary/aromatic N) is 2. The molecule has 0 radical (unpaired) electrons. The normalized spacial score (nSPS) is 38.8. The van der Waals surface area contributed by atoms with Crippen LogP contribution in [0.2, 0.25) is 0 Å². The SMILES string of the molecule is CO[C@]12C3C(CN1C1=C(C(=O)C(N)=C(C)C1=O)[C@H]2COC(N)=O)N3C. The number of allylic oxidation sites excluding steroid dienone is 2. The third-order valence-electron chi connectivity index (χ3n) is 5.99. The van der Waals surface area contributed by atoms with Crippen molar-refractivity contribution in [1.29, 1.82) is 0 Å². The Morgan fingerprint density at radius 1 is 1.36 bits per heavy atom. The molecule has 0 aromatic rings. The van der Waals surface area contributed by atoms with E-state index >= 15 is 0 Å². The molecule has 3 unspecified atom stereocenters. The topological polar surface area (TPSA) is 128 Å². The highest BCUT2D eigenvalue weighted by Gasteiger charge is 2.75. The van der Waals surface area contributed by atoms with Gasteiger partial charge in [0.25, 0.3) is 0 Å². The van der Waals surface area contributed by atoms with Crippen LogP contribution in [-0.4, -0.2) is 72.6 Å². The molecular formula is C16H20N4O5. The summed E-state index contributed by atoms with van der Waals surface area (Å²) in [6.07, 6.45) is -0.945. The molecule has 9 heteroatoms. The number of amides is 1. The molecule has 4 rings (SSSR count). The maximum atomic E-state index is 12.9. The Bertz CT molecular complexity index is 787. The van der Waals surface area contributed by atoms with Gasteiger partial charge in [-0.1, -0.05) is 0 Å². The fourth-order valence-corrected chi connectivity index (χ4v) is 4.73. The molecule has 2 saturated heterocycles. The number of likely N-dealkylation sites (N-methyl/N-ethyl adjacent to an activating group) is 1. The Kier molecular flexibility index (Phi) is 3.11. The van der Waals surface area contributed by atoms with Gasteiger partial charge in [-0.2, -0.15) is 0 Å². The predicted octanol–water partition coefficient (Wildman–Crippen LogP) is -1.31. The van der Waals surface area contributed by atoms with Crippen LogP contribution >= 0.6 is 0 Å². The molecular weight excluding hydrogens is 328 g/mol. The zero-order valence-corrected chi connectivity index (χ0v) is 14.2. The standard InChI is InChI=1S/C16H20N4O5/c1-6-10(17)13(22)9-7(5-25-15(18)23)16(24-3)14-8(19(14)2)4-20(16)11(9)12(6)21/h7-8,14H,4-5,17H2,1-3H3,(H2,18,23)/t7-,8?,14?,16-,19?/m1/s1. The lowest BCUT2D eigenvalue weighted by atomic mass is 9.82. The number of fused-ring (bicyclic) bond motifs is 4. The summed E-state index contributed by atoms with van der Waals surface area (Å²) >= 11 is 0. The molecule has 5 atom stereocenters. The number of ether oxygens (including phenoxy) is 2. The van der Waals surface area contributed by atoms with Crippen LogP contribution in [0.25, 0.3) is 0 Å². The molecule has 0 bridgehead atoms. The molecule has 2 fully saturated rings. The number of ketones is 2. The molecule has 1 aliphatic carbocycles. The second-order valence-electron chi connectivity index (χ2n) is 6.89. The fraction of sp³-hybridized carbons (Fsp3) is 0.562. The van der Waals surface area contributed by atoms with Crippen LogP contribution < -0.4 is 11.5 Å². The number of primary amides is 1. The minimum atomic E-state index is -0.949. The number of Topliss-reactive ketones (excluding diaryl/α,β-unsaturated/α-hetero) is 2. The first-order valence-corrected chi connectivity index (χ1v) is 8.04. The number of nitrogens with two attached hydrogens (primary N) is 2. The van der Waals surface area contributed by atoms with Gasteiger partial charge < -0.3 is 25.8 Å². The van der Waals surface area contributed by atoms with Gasteiger partial charge in [0.05, 0.1) is 23.4 Å². The molecule has 9 nitrogen and oxygen atoms in total. The van der Waals surface area contributed by atoms with Crippen LogP contribution in [0.3, 0.4) is 0 Å². The van der Waals surface area contributed by atoms with E-state index in [1.807, 2.05) is 11.9 Å². The first-order valence-electron chi connectivity index (χ1n) is 8.04. The minimum absolute atomic E-state index is 0.00768. The summed E-state index contributed by atoms with van der Waals surface area (Å²) in [5.74, 6) is -1.32. The van der Waals surface area contributed by atoms with E-state index in [0.29, 0.717) is 12.2 Å². The summed E-state index contributed by atoms with van der Waals surface area (Å²) in [6.45, 7) is 1.96. The molecule has 0 aromatic heterocycles. The van der Waals surface area contributed by atoms with Gasteiger partial charge in [-0.15, -0.1) is 0 Å². The van der Waals surface area contributed by atoms with E-state index in [4.69, 9.17) is 20.9 Å².